The van der Waals surface area contributed by atoms with E-state index in [9.17, 15) is 14.0 Å². The van der Waals surface area contributed by atoms with E-state index in [4.69, 9.17) is 4.74 Å². The molecule has 4 aromatic rings. The number of hydrogen-bond donors (Lipinski definition) is 1. The molecule has 0 saturated heterocycles. The highest BCUT2D eigenvalue weighted by atomic mass is 19.1. The largest absolute Gasteiger partial charge is 0.383 e. The highest BCUT2D eigenvalue weighted by Gasteiger charge is 2.23. The lowest BCUT2D eigenvalue weighted by molar-refractivity contribution is -0.132. The van der Waals surface area contributed by atoms with Crippen LogP contribution in [0.1, 0.15) is 21.5 Å². The van der Waals surface area contributed by atoms with Crippen molar-refractivity contribution in [3.63, 3.8) is 0 Å². The number of fused-ring (bicyclic) bond motifs is 1. The number of carbonyl (C=O) groups is 2. The molecular weight excluding hydrogens is 457 g/mol. The number of rotatable bonds is 11. The van der Waals surface area contributed by atoms with E-state index in [0.29, 0.717) is 19.5 Å². The second-order valence-corrected chi connectivity index (χ2v) is 8.64. The first kappa shape index (κ1) is 25.1. The van der Waals surface area contributed by atoms with Gasteiger partial charge in [-0.1, -0.05) is 54.6 Å². The van der Waals surface area contributed by atoms with E-state index in [-0.39, 0.29) is 31.2 Å². The second-order valence-electron chi connectivity index (χ2n) is 8.64. The van der Waals surface area contributed by atoms with E-state index in [1.807, 2.05) is 54.7 Å². The minimum atomic E-state index is -0.497. The smallest absolute Gasteiger partial charge is 0.254 e. The van der Waals surface area contributed by atoms with Crippen LogP contribution in [0.25, 0.3) is 10.9 Å². The summed E-state index contributed by atoms with van der Waals surface area (Å²) in [6.45, 7) is 1.27. The summed E-state index contributed by atoms with van der Waals surface area (Å²) in [6.07, 6.45) is 2.65. The van der Waals surface area contributed by atoms with E-state index in [1.54, 1.807) is 11.0 Å². The Morgan fingerprint density at radius 2 is 1.69 bits per heavy atom. The molecule has 186 valence electrons. The maximum absolute atomic E-state index is 13.7. The standard InChI is InChI=1S/C29H30FN3O3/c1-36-17-16-33(29(35)23-10-7-11-25(30)18-23)21-28(34)32(20-22-8-3-2-4-9-22)15-14-24-19-31-27-13-6-5-12-26(24)27/h2-13,18-19,31H,14-17,20-21H2,1H3. The van der Waals surface area contributed by atoms with Crippen molar-refractivity contribution in [2.45, 2.75) is 13.0 Å². The number of halogens is 1. The fourth-order valence-electron chi connectivity index (χ4n) is 4.21. The zero-order valence-corrected chi connectivity index (χ0v) is 20.3. The Labute approximate surface area is 210 Å². The van der Waals surface area contributed by atoms with Crippen LogP contribution in [0.3, 0.4) is 0 Å². The highest BCUT2D eigenvalue weighted by Crippen LogP contribution is 2.19. The van der Waals surface area contributed by atoms with Gasteiger partial charge in [0.1, 0.15) is 12.4 Å². The van der Waals surface area contributed by atoms with Gasteiger partial charge in [-0.05, 0) is 41.8 Å². The van der Waals surface area contributed by atoms with Crippen molar-refractivity contribution in [2.24, 2.45) is 0 Å². The quantitative estimate of drug-likeness (QED) is 0.335. The summed E-state index contributed by atoms with van der Waals surface area (Å²) in [7, 11) is 1.54. The molecule has 36 heavy (non-hydrogen) atoms. The summed E-state index contributed by atoms with van der Waals surface area (Å²) in [5.41, 5.74) is 3.39. The topological polar surface area (TPSA) is 65.6 Å². The number of benzene rings is 3. The first-order chi connectivity index (χ1) is 17.5. The second kappa shape index (κ2) is 12.1. The van der Waals surface area contributed by atoms with Crippen LogP contribution in [0.2, 0.25) is 0 Å². The van der Waals surface area contributed by atoms with Crippen molar-refractivity contribution in [1.82, 2.24) is 14.8 Å². The third-order valence-electron chi connectivity index (χ3n) is 6.15. The fourth-order valence-corrected chi connectivity index (χ4v) is 4.21. The van der Waals surface area contributed by atoms with Crippen LogP contribution in [0, 0.1) is 5.82 Å². The van der Waals surface area contributed by atoms with E-state index in [1.165, 1.54) is 30.2 Å². The van der Waals surface area contributed by atoms with Gasteiger partial charge in [0.15, 0.2) is 0 Å². The molecule has 6 nitrogen and oxygen atoms in total. The first-order valence-electron chi connectivity index (χ1n) is 12.0. The molecule has 0 aliphatic rings. The van der Waals surface area contributed by atoms with Crippen LogP contribution in [0.15, 0.2) is 85.1 Å². The molecule has 0 aliphatic heterocycles. The molecule has 0 saturated carbocycles. The molecule has 1 heterocycles. The van der Waals surface area contributed by atoms with Gasteiger partial charge in [0.05, 0.1) is 6.61 Å². The molecule has 0 atom stereocenters. The normalized spacial score (nSPS) is 10.9. The van der Waals surface area contributed by atoms with Gasteiger partial charge in [-0.3, -0.25) is 9.59 Å². The number of aromatic amines is 1. The number of carbonyl (C=O) groups excluding carboxylic acids is 2. The molecule has 0 aliphatic carbocycles. The van der Waals surface area contributed by atoms with E-state index in [2.05, 4.69) is 11.1 Å². The summed E-state index contributed by atoms with van der Waals surface area (Å²) >= 11 is 0. The lowest BCUT2D eigenvalue weighted by Gasteiger charge is -2.28. The number of methoxy groups -OCH3 is 1. The lowest BCUT2D eigenvalue weighted by atomic mass is 10.1. The Kier molecular flexibility index (Phi) is 8.47. The van der Waals surface area contributed by atoms with Crippen LogP contribution < -0.4 is 0 Å². The average Bonchev–Trinajstić information content (AvgIpc) is 3.32. The molecule has 0 unspecified atom stereocenters. The van der Waals surface area contributed by atoms with E-state index in [0.717, 1.165) is 22.0 Å². The minimum Gasteiger partial charge on any atom is -0.383 e. The SMILES string of the molecule is COCCN(CC(=O)N(CCc1c[nH]c2ccccc12)Cc1ccccc1)C(=O)c1cccc(F)c1. The maximum atomic E-state index is 13.7. The Hall–Kier alpha value is -3.97. The number of H-pyrrole nitrogens is 1. The van der Waals surface area contributed by atoms with Crippen LogP contribution in [0.5, 0.6) is 0 Å². The van der Waals surface area contributed by atoms with Gasteiger partial charge in [0, 0.05) is 49.4 Å². The van der Waals surface area contributed by atoms with Crippen LogP contribution in [-0.4, -0.2) is 59.9 Å². The molecular formula is C29H30FN3O3. The number of aromatic nitrogens is 1. The molecule has 0 radical (unpaired) electrons. The molecule has 2 amide bonds. The van der Waals surface area contributed by atoms with Crippen LogP contribution in [-0.2, 0) is 22.5 Å². The third kappa shape index (κ3) is 6.37. The van der Waals surface area contributed by atoms with Crippen LogP contribution in [0.4, 0.5) is 4.39 Å². The van der Waals surface area contributed by atoms with Gasteiger partial charge in [-0.25, -0.2) is 4.39 Å². The summed E-state index contributed by atoms with van der Waals surface area (Å²) < 4.78 is 18.9. The summed E-state index contributed by atoms with van der Waals surface area (Å²) in [6, 6.07) is 23.4. The Bertz CT molecular complexity index is 1310. The van der Waals surface area contributed by atoms with E-state index >= 15 is 0 Å². The summed E-state index contributed by atoms with van der Waals surface area (Å²) in [5.74, 6) is -1.08. The predicted molar refractivity (Wildman–Crippen MR) is 138 cm³/mol. The number of nitrogens with zero attached hydrogens (tertiary/aromatic N) is 2. The number of hydrogen-bond acceptors (Lipinski definition) is 3. The number of nitrogens with one attached hydrogen (secondary N) is 1. The zero-order valence-electron chi connectivity index (χ0n) is 20.3. The van der Waals surface area contributed by atoms with Gasteiger partial charge in [0.2, 0.25) is 5.91 Å². The van der Waals surface area contributed by atoms with Crippen molar-refractivity contribution in [2.75, 3.05) is 33.4 Å². The van der Waals surface area contributed by atoms with Crippen molar-refractivity contribution < 1.29 is 18.7 Å². The van der Waals surface area contributed by atoms with Crippen molar-refractivity contribution in [3.05, 3.63) is 108 Å². The highest BCUT2D eigenvalue weighted by molar-refractivity contribution is 5.96. The van der Waals surface area contributed by atoms with E-state index < -0.39 is 11.7 Å². The van der Waals surface area contributed by atoms with Gasteiger partial charge in [-0.2, -0.15) is 0 Å². The van der Waals surface area contributed by atoms with Gasteiger partial charge >= 0.3 is 0 Å². The average molecular weight is 488 g/mol. The monoisotopic (exact) mass is 487 g/mol. The fraction of sp³-hybridized carbons (Fsp3) is 0.241. The Balaban J connectivity index is 1.53. The zero-order chi connectivity index (χ0) is 25.3. The molecule has 3 aromatic carbocycles. The van der Waals surface area contributed by atoms with Crippen LogP contribution >= 0.6 is 0 Å². The molecule has 4 rings (SSSR count). The van der Waals surface area contributed by atoms with Crippen molar-refractivity contribution in [3.8, 4) is 0 Å². The van der Waals surface area contributed by atoms with Gasteiger partial charge < -0.3 is 19.5 Å². The predicted octanol–water partition coefficient (Wildman–Crippen LogP) is 4.67. The molecule has 0 fully saturated rings. The third-order valence-corrected chi connectivity index (χ3v) is 6.15. The molecule has 1 N–H and O–H groups in total. The van der Waals surface area contributed by atoms with Gasteiger partial charge in [0.25, 0.3) is 5.91 Å². The maximum Gasteiger partial charge on any atom is 0.254 e. The van der Waals surface area contributed by atoms with Crippen molar-refractivity contribution in [1.29, 1.82) is 0 Å². The summed E-state index contributed by atoms with van der Waals surface area (Å²) in [5, 5.41) is 1.13. The molecule has 0 bridgehead atoms. The first-order valence-corrected chi connectivity index (χ1v) is 12.0. The minimum absolute atomic E-state index is 0.126. The molecule has 7 heteroatoms. The number of amides is 2. The molecule has 1 aromatic heterocycles. The Morgan fingerprint density at radius 3 is 2.47 bits per heavy atom. The molecule has 0 spiro atoms. The summed E-state index contributed by atoms with van der Waals surface area (Å²) in [4.78, 5) is 33.2. The Morgan fingerprint density at radius 1 is 0.917 bits per heavy atom. The van der Waals surface area contributed by atoms with Crippen molar-refractivity contribution >= 4 is 22.7 Å². The number of para-hydroxylation sites is 1. The lowest BCUT2D eigenvalue weighted by Crippen LogP contribution is -2.44. The number of ether oxygens (including phenoxy) is 1. The van der Waals surface area contributed by atoms with Gasteiger partial charge in [-0.15, -0.1) is 0 Å².